The molecule has 6 heterocycles. The molecule has 1 aromatic carbocycles. The highest BCUT2D eigenvalue weighted by Crippen LogP contribution is 2.41. The van der Waals surface area contributed by atoms with Gasteiger partial charge in [-0.25, -0.2) is 9.97 Å². The molecule has 0 bridgehead atoms. The van der Waals surface area contributed by atoms with Crippen molar-refractivity contribution in [1.29, 1.82) is 0 Å². The quantitative estimate of drug-likeness (QED) is 0.207. The van der Waals surface area contributed by atoms with E-state index in [4.69, 9.17) is 0 Å². The molecular weight excluding hydrogens is 614 g/mol. The molecule has 1 aliphatic carbocycles. The summed E-state index contributed by atoms with van der Waals surface area (Å²) in [5, 5.41) is 11.9. The first-order valence-corrected chi connectivity index (χ1v) is 17.2. The number of fused-ring (bicyclic) bond motifs is 1. The number of H-pyrrole nitrogens is 1. The van der Waals surface area contributed by atoms with Crippen molar-refractivity contribution in [2.45, 2.75) is 44.9 Å². The van der Waals surface area contributed by atoms with Crippen LogP contribution in [-0.2, 0) is 9.59 Å². The minimum Gasteiger partial charge on any atom is -0.338 e. The number of hydrogen-bond acceptors (Lipinski definition) is 8. The molecule has 0 radical (unpaired) electrons. The van der Waals surface area contributed by atoms with Crippen LogP contribution in [-0.4, -0.2) is 84.5 Å². The number of aromatic amines is 1. The Morgan fingerprint density at radius 3 is 2.61 bits per heavy atom. The highest BCUT2D eigenvalue weighted by molar-refractivity contribution is 6.00. The maximum absolute atomic E-state index is 13.8. The van der Waals surface area contributed by atoms with Gasteiger partial charge in [0.25, 0.3) is 0 Å². The highest BCUT2D eigenvalue weighted by Gasteiger charge is 2.43. The summed E-state index contributed by atoms with van der Waals surface area (Å²) in [4.78, 5) is 49.0. The van der Waals surface area contributed by atoms with Gasteiger partial charge in [0.05, 0.1) is 23.2 Å². The largest absolute Gasteiger partial charge is 0.338 e. The van der Waals surface area contributed by atoms with Crippen LogP contribution in [0.15, 0.2) is 79.4 Å². The molecule has 5 aromatic rings. The number of carbonyl (C=O) groups excluding carboxylic acids is 2. The van der Waals surface area contributed by atoms with Crippen LogP contribution in [0.1, 0.15) is 56.3 Å². The number of benzene rings is 1. The Morgan fingerprint density at radius 1 is 0.980 bits per heavy atom. The average molecular weight is 654 g/mol. The smallest absolute Gasteiger partial charge is 0.237 e. The van der Waals surface area contributed by atoms with Crippen molar-refractivity contribution >= 4 is 34.0 Å². The zero-order chi connectivity index (χ0) is 33.4. The van der Waals surface area contributed by atoms with E-state index in [1.807, 2.05) is 47.5 Å². The van der Waals surface area contributed by atoms with Gasteiger partial charge < -0.3 is 10.2 Å². The molecule has 0 spiro atoms. The van der Waals surface area contributed by atoms with Crippen LogP contribution in [0, 0.1) is 5.41 Å². The third-order valence-corrected chi connectivity index (χ3v) is 10.3. The van der Waals surface area contributed by atoms with Gasteiger partial charge in [-0.2, -0.15) is 5.10 Å². The number of amides is 2. The van der Waals surface area contributed by atoms with E-state index in [0.29, 0.717) is 57.3 Å². The first-order chi connectivity index (χ1) is 24.0. The van der Waals surface area contributed by atoms with Gasteiger partial charge in [0.1, 0.15) is 5.69 Å². The van der Waals surface area contributed by atoms with Gasteiger partial charge in [-0.15, -0.1) is 0 Å². The lowest BCUT2D eigenvalue weighted by Gasteiger charge is -2.30. The number of hydrogen-bond donors (Lipinski definition) is 2. The van der Waals surface area contributed by atoms with Gasteiger partial charge in [-0.3, -0.25) is 29.6 Å². The second-order valence-electron chi connectivity index (χ2n) is 13.4. The fourth-order valence-electron chi connectivity index (χ4n) is 7.09. The van der Waals surface area contributed by atoms with Gasteiger partial charge in [0.2, 0.25) is 11.8 Å². The SMILES string of the molecule is CC[C@@]1(C(=O)Nc2ccc3[nH]nc(-c4ccnc(C5CC5)c4)c3c2)CCN(CC(=O)N2CC=C(c3ccc(-c4ncccn4)cn3)CC2)C1. The number of anilines is 1. The maximum Gasteiger partial charge on any atom is 0.237 e. The molecule has 49 heavy (non-hydrogen) atoms. The first-order valence-electron chi connectivity index (χ1n) is 17.2. The Morgan fingerprint density at radius 2 is 1.86 bits per heavy atom. The summed E-state index contributed by atoms with van der Waals surface area (Å²) < 4.78 is 0. The molecule has 2 aliphatic heterocycles. The van der Waals surface area contributed by atoms with Crippen LogP contribution in [0.3, 0.4) is 0 Å². The van der Waals surface area contributed by atoms with Gasteiger partial charge in [-0.05, 0) is 92.8 Å². The van der Waals surface area contributed by atoms with Crippen molar-refractivity contribution in [3.05, 3.63) is 90.8 Å². The van der Waals surface area contributed by atoms with Crippen molar-refractivity contribution in [3.63, 3.8) is 0 Å². The normalized spacial score (nSPS) is 19.6. The molecule has 2 fully saturated rings. The van der Waals surface area contributed by atoms with Crippen LogP contribution in [0.25, 0.3) is 39.1 Å². The van der Waals surface area contributed by atoms with E-state index < -0.39 is 5.41 Å². The number of carbonyl (C=O) groups is 2. The molecule has 2 N–H and O–H groups in total. The number of rotatable bonds is 9. The third kappa shape index (κ3) is 6.33. The zero-order valence-electron chi connectivity index (χ0n) is 27.6. The molecule has 3 aliphatic rings. The Hall–Kier alpha value is -5.29. The summed E-state index contributed by atoms with van der Waals surface area (Å²) in [6.07, 6.45) is 13.7. The average Bonchev–Trinajstić information content (AvgIpc) is 3.79. The first kappa shape index (κ1) is 31.0. The standard InChI is InChI=1S/C38H39N9O2/c1-2-38(37(49)43-29-7-9-32-30(21-29)35(45-44-32)27-10-16-39-33(20-27)25-4-5-25)13-19-46(24-38)23-34(48)47-17-11-26(12-18-47)31-8-6-28(22-42-31)36-40-14-3-15-41-36/h3,6-11,14-16,20-22,25H,2,4-5,12-13,17-19,23-24H2,1H3,(H,43,49)(H,44,45)/t38-/m1/s1. The summed E-state index contributed by atoms with van der Waals surface area (Å²) in [7, 11) is 0. The Balaban J connectivity index is 0.886. The molecule has 1 saturated heterocycles. The second kappa shape index (κ2) is 13.0. The molecule has 11 nitrogen and oxygen atoms in total. The van der Waals surface area contributed by atoms with Crippen molar-refractivity contribution in [2.75, 3.05) is 38.0 Å². The zero-order valence-corrected chi connectivity index (χ0v) is 27.6. The summed E-state index contributed by atoms with van der Waals surface area (Å²) in [5.41, 5.74) is 7.02. The third-order valence-electron chi connectivity index (χ3n) is 10.3. The summed E-state index contributed by atoms with van der Waals surface area (Å²) in [5.74, 6) is 1.29. The molecule has 2 amide bonds. The Labute approximate surface area is 284 Å². The van der Waals surface area contributed by atoms with Gasteiger partial charge >= 0.3 is 0 Å². The summed E-state index contributed by atoms with van der Waals surface area (Å²) >= 11 is 0. The Bertz CT molecular complexity index is 2040. The fourth-order valence-corrected chi connectivity index (χ4v) is 7.09. The number of nitrogens with zero attached hydrogens (tertiary/aromatic N) is 7. The van der Waals surface area contributed by atoms with Gasteiger partial charge in [-0.1, -0.05) is 13.0 Å². The van der Waals surface area contributed by atoms with E-state index in [1.165, 1.54) is 12.8 Å². The lowest BCUT2D eigenvalue weighted by molar-refractivity contribution is -0.132. The minimum absolute atomic E-state index is 0.00262. The molecule has 248 valence electrons. The van der Waals surface area contributed by atoms with Crippen molar-refractivity contribution in [1.82, 2.24) is 39.9 Å². The predicted molar refractivity (Wildman–Crippen MR) is 188 cm³/mol. The van der Waals surface area contributed by atoms with E-state index in [2.05, 4.69) is 59.4 Å². The monoisotopic (exact) mass is 653 g/mol. The van der Waals surface area contributed by atoms with E-state index >= 15 is 0 Å². The van der Waals surface area contributed by atoms with Crippen LogP contribution >= 0.6 is 0 Å². The van der Waals surface area contributed by atoms with Crippen LogP contribution in [0.4, 0.5) is 5.69 Å². The van der Waals surface area contributed by atoms with Gasteiger partial charge in [0.15, 0.2) is 5.82 Å². The highest BCUT2D eigenvalue weighted by atomic mass is 16.2. The second-order valence-corrected chi connectivity index (χ2v) is 13.4. The maximum atomic E-state index is 13.8. The number of likely N-dealkylation sites (tertiary alicyclic amines) is 1. The Kier molecular flexibility index (Phi) is 8.20. The minimum atomic E-state index is -0.559. The molecule has 11 heteroatoms. The van der Waals surface area contributed by atoms with E-state index in [0.717, 1.165) is 56.8 Å². The summed E-state index contributed by atoms with van der Waals surface area (Å²) in [6.45, 7) is 4.82. The van der Waals surface area contributed by atoms with E-state index in [1.54, 1.807) is 24.7 Å². The van der Waals surface area contributed by atoms with E-state index in [-0.39, 0.29) is 11.8 Å². The molecule has 0 unspecified atom stereocenters. The molecule has 1 saturated carbocycles. The predicted octanol–water partition coefficient (Wildman–Crippen LogP) is 5.71. The molecule has 8 rings (SSSR count). The number of nitrogens with one attached hydrogen (secondary N) is 2. The van der Waals surface area contributed by atoms with Crippen LogP contribution in [0.5, 0.6) is 0 Å². The van der Waals surface area contributed by atoms with Crippen molar-refractivity contribution in [2.24, 2.45) is 5.41 Å². The van der Waals surface area contributed by atoms with Crippen LogP contribution in [0.2, 0.25) is 0 Å². The van der Waals surface area contributed by atoms with Crippen molar-refractivity contribution < 1.29 is 9.59 Å². The molecule has 4 aromatic heterocycles. The molecule has 1 atom stereocenters. The van der Waals surface area contributed by atoms with E-state index in [9.17, 15) is 9.59 Å². The van der Waals surface area contributed by atoms with Crippen molar-refractivity contribution in [3.8, 4) is 22.6 Å². The van der Waals surface area contributed by atoms with Crippen LogP contribution < -0.4 is 5.32 Å². The lowest BCUT2D eigenvalue weighted by atomic mass is 9.83. The van der Waals surface area contributed by atoms with Gasteiger partial charge in [0, 0.05) is 78.2 Å². The lowest BCUT2D eigenvalue weighted by Crippen LogP contribution is -2.43. The molecular formula is C38H39N9O2. The number of pyridine rings is 2. The number of aromatic nitrogens is 6. The summed E-state index contributed by atoms with van der Waals surface area (Å²) in [6, 6.07) is 15.8. The topological polar surface area (TPSA) is 133 Å². The fraction of sp³-hybridized carbons (Fsp3) is 0.342.